The molecule has 1 aliphatic rings. The summed E-state index contributed by atoms with van der Waals surface area (Å²) in [6.07, 6.45) is 2.41. The summed E-state index contributed by atoms with van der Waals surface area (Å²) in [7, 11) is 0. The zero-order valence-electron chi connectivity index (χ0n) is 16.2. The molecular weight excluding hydrogens is 354 g/mol. The van der Waals surface area contributed by atoms with E-state index in [4.69, 9.17) is 4.74 Å². The molecule has 148 valence electrons. The average Bonchev–Trinajstić information content (AvgIpc) is 2.73. The Morgan fingerprint density at radius 3 is 2.71 bits per heavy atom. The maximum absolute atomic E-state index is 12.7. The summed E-state index contributed by atoms with van der Waals surface area (Å²) in [5.41, 5.74) is 1.90. The van der Waals surface area contributed by atoms with E-state index in [1.807, 2.05) is 49.4 Å². The summed E-state index contributed by atoms with van der Waals surface area (Å²) in [5.74, 6) is 0.535. The Morgan fingerprint density at radius 2 is 1.93 bits per heavy atom. The highest BCUT2D eigenvalue weighted by atomic mass is 16.5. The fraction of sp³-hybridized carbons (Fsp3) is 0.364. The number of carbonyl (C=O) groups excluding carboxylic acids is 2. The lowest BCUT2D eigenvalue weighted by Gasteiger charge is -2.34. The first-order chi connectivity index (χ1) is 13.7. The van der Waals surface area contributed by atoms with Crippen LogP contribution >= 0.6 is 0 Å². The number of amides is 3. The van der Waals surface area contributed by atoms with E-state index in [-0.39, 0.29) is 11.9 Å². The highest BCUT2D eigenvalue weighted by Crippen LogP contribution is 2.25. The molecule has 1 saturated heterocycles. The van der Waals surface area contributed by atoms with Gasteiger partial charge in [0.15, 0.2) is 0 Å². The van der Waals surface area contributed by atoms with Crippen molar-refractivity contribution in [2.24, 2.45) is 0 Å². The molecule has 0 bridgehead atoms. The molecular formula is C22H27N3O3. The number of benzene rings is 2. The molecule has 1 fully saturated rings. The molecule has 0 aliphatic carbocycles. The van der Waals surface area contributed by atoms with Gasteiger partial charge in [0.05, 0.1) is 12.3 Å². The van der Waals surface area contributed by atoms with Crippen molar-refractivity contribution in [3.8, 4) is 5.75 Å². The summed E-state index contributed by atoms with van der Waals surface area (Å²) < 4.78 is 5.91. The van der Waals surface area contributed by atoms with Gasteiger partial charge in [-0.3, -0.25) is 4.79 Å². The lowest BCUT2D eigenvalue weighted by atomic mass is 10.1. The number of hydrogen-bond donors (Lipinski definition) is 2. The van der Waals surface area contributed by atoms with Gasteiger partial charge >= 0.3 is 6.03 Å². The van der Waals surface area contributed by atoms with Crippen LogP contribution in [0, 0.1) is 0 Å². The molecule has 1 atom stereocenters. The Bertz CT molecular complexity index is 795. The topological polar surface area (TPSA) is 70.7 Å². The molecule has 6 heteroatoms. The van der Waals surface area contributed by atoms with Gasteiger partial charge in [0, 0.05) is 13.1 Å². The molecule has 2 aromatic rings. The smallest absolute Gasteiger partial charge is 0.322 e. The monoisotopic (exact) mass is 381 g/mol. The van der Waals surface area contributed by atoms with Crippen LogP contribution in [0.1, 0.15) is 25.3 Å². The Morgan fingerprint density at radius 1 is 1.18 bits per heavy atom. The third kappa shape index (κ3) is 5.03. The Labute approximate surface area is 165 Å². The number of hydrogen-bond acceptors (Lipinski definition) is 3. The van der Waals surface area contributed by atoms with Crippen LogP contribution in [0.4, 0.5) is 10.5 Å². The molecule has 0 unspecified atom stereocenters. The summed E-state index contributed by atoms with van der Waals surface area (Å²) >= 11 is 0. The molecule has 28 heavy (non-hydrogen) atoms. The zero-order valence-corrected chi connectivity index (χ0v) is 16.2. The first-order valence-electron chi connectivity index (χ1n) is 9.80. The van der Waals surface area contributed by atoms with Crippen molar-refractivity contribution < 1.29 is 14.3 Å². The summed E-state index contributed by atoms with van der Waals surface area (Å²) in [4.78, 5) is 26.3. The number of urea groups is 1. The van der Waals surface area contributed by atoms with Crippen LogP contribution in [-0.2, 0) is 11.2 Å². The van der Waals surface area contributed by atoms with Crippen LogP contribution in [0.25, 0.3) is 0 Å². The lowest BCUT2D eigenvalue weighted by Crippen LogP contribution is -2.57. The zero-order chi connectivity index (χ0) is 19.8. The van der Waals surface area contributed by atoms with E-state index in [1.165, 1.54) is 5.56 Å². The molecule has 3 rings (SSSR count). The molecule has 0 aromatic heterocycles. The second-order valence-electron chi connectivity index (χ2n) is 6.77. The number of carbonyl (C=O) groups is 2. The first-order valence-corrected chi connectivity index (χ1v) is 9.80. The minimum atomic E-state index is -0.437. The number of nitrogens with one attached hydrogen (secondary N) is 2. The van der Waals surface area contributed by atoms with E-state index in [1.54, 1.807) is 4.90 Å². The summed E-state index contributed by atoms with van der Waals surface area (Å²) in [6.45, 7) is 3.43. The number of ether oxygens (including phenoxy) is 1. The van der Waals surface area contributed by atoms with E-state index in [2.05, 4.69) is 22.8 Å². The van der Waals surface area contributed by atoms with E-state index in [0.29, 0.717) is 37.6 Å². The van der Waals surface area contributed by atoms with Gasteiger partial charge < -0.3 is 20.3 Å². The maximum Gasteiger partial charge on any atom is 0.322 e. The van der Waals surface area contributed by atoms with Crippen LogP contribution in [0.3, 0.4) is 0 Å². The number of aryl methyl sites for hydroxylation is 1. The fourth-order valence-electron chi connectivity index (χ4n) is 3.35. The maximum atomic E-state index is 12.7. The second kappa shape index (κ2) is 9.78. The minimum absolute atomic E-state index is 0.102. The predicted octanol–water partition coefficient (Wildman–Crippen LogP) is 3.44. The number of rotatable bonds is 7. The van der Waals surface area contributed by atoms with Gasteiger partial charge in [0.1, 0.15) is 11.8 Å². The molecule has 3 amide bonds. The summed E-state index contributed by atoms with van der Waals surface area (Å²) in [5, 5.41) is 5.71. The van der Waals surface area contributed by atoms with Crippen molar-refractivity contribution in [3.05, 3.63) is 60.2 Å². The largest absolute Gasteiger partial charge is 0.491 e. The third-order valence-electron chi connectivity index (χ3n) is 4.82. The molecule has 0 radical (unpaired) electrons. The molecule has 2 aromatic carbocycles. The van der Waals surface area contributed by atoms with Gasteiger partial charge in [-0.25, -0.2) is 4.79 Å². The Hall–Kier alpha value is -3.02. The van der Waals surface area contributed by atoms with Crippen LogP contribution in [0.5, 0.6) is 5.75 Å². The standard InChI is InChI=1S/C22H27N3O3/c1-2-19-21(26)23-14-15-25(19)22(27)24-18-12-6-7-13-20(18)28-16-8-11-17-9-4-3-5-10-17/h3-7,9-10,12-13,19H,2,8,11,14-16H2,1H3,(H,23,26)(H,24,27)/t19-/m1/s1. The van der Waals surface area contributed by atoms with Crippen molar-refractivity contribution in [3.63, 3.8) is 0 Å². The lowest BCUT2D eigenvalue weighted by molar-refractivity contribution is -0.127. The SMILES string of the molecule is CC[C@@H]1C(=O)NCCN1C(=O)Nc1ccccc1OCCCc1ccccc1. The predicted molar refractivity (Wildman–Crippen MR) is 110 cm³/mol. The highest BCUT2D eigenvalue weighted by Gasteiger charge is 2.31. The van der Waals surface area contributed by atoms with Crippen molar-refractivity contribution in [1.29, 1.82) is 0 Å². The number of nitrogens with zero attached hydrogens (tertiary/aromatic N) is 1. The van der Waals surface area contributed by atoms with Crippen molar-refractivity contribution in [1.82, 2.24) is 10.2 Å². The molecule has 1 heterocycles. The quantitative estimate of drug-likeness (QED) is 0.722. The number of piperazine rings is 1. The molecule has 0 spiro atoms. The molecule has 2 N–H and O–H groups in total. The fourth-order valence-corrected chi connectivity index (χ4v) is 3.35. The van der Waals surface area contributed by atoms with E-state index < -0.39 is 6.04 Å². The second-order valence-corrected chi connectivity index (χ2v) is 6.77. The van der Waals surface area contributed by atoms with Crippen molar-refractivity contribution in [2.75, 3.05) is 25.0 Å². The van der Waals surface area contributed by atoms with Gasteiger partial charge in [0.2, 0.25) is 5.91 Å². The van der Waals surface area contributed by atoms with Crippen molar-refractivity contribution >= 4 is 17.6 Å². The van der Waals surface area contributed by atoms with E-state index in [0.717, 1.165) is 12.8 Å². The normalized spacial score (nSPS) is 16.4. The molecule has 1 aliphatic heterocycles. The van der Waals surface area contributed by atoms with Gasteiger partial charge in [0.25, 0.3) is 0 Å². The average molecular weight is 381 g/mol. The Balaban J connectivity index is 1.57. The van der Waals surface area contributed by atoms with Crippen LogP contribution in [-0.4, -0.2) is 42.6 Å². The van der Waals surface area contributed by atoms with Crippen LogP contribution < -0.4 is 15.4 Å². The van der Waals surface area contributed by atoms with Gasteiger partial charge in [-0.2, -0.15) is 0 Å². The van der Waals surface area contributed by atoms with Gasteiger partial charge in [-0.1, -0.05) is 49.4 Å². The Kier molecular flexibility index (Phi) is 6.89. The van der Waals surface area contributed by atoms with E-state index >= 15 is 0 Å². The minimum Gasteiger partial charge on any atom is -0.491 e. The number of para-hydroxylation sites is 2. The van der Waals surface area contributed by atoms with Gasteiger partial charge in [-0.15, -0.1) is 0 Å². The van der Waals surface area contributed by atoms with Crippen LogP contribution in [0.15, 0.2) is 54.6 Å². The molecule has 0 saturated carbocycles. The highest BCUT2D eigenvalue weighted by molar-refractivity contribution is 5.95. The number of anilines is 1. The van der Waals surface area contributed by atoms with Gasteiger partial charge in [-0.05, 0) is 37.0 Å². The third-order valence-corrected chi connectivity index (χ3v) is 4.82. The molecule has 6 nitrogen and oxygen atoms in total. The van der Waals surface area contributed by atoms with Crippen molar-refractivity contribution in [2.45, 2.75) is 32.2 Å². The van der Waals surface area contributed by atoms with E-state index in [9.17, 15) is 9.59 Å². The first kappa shape index (κ1) is 19.7. The van der Waals surface area contributed by atoms with Crippen LogP contribution in [0.2, 0.25) is 0 Å². The summed E-state index contributed by atoms with van der Waals surface area (Å²) in [6, 6.07) is 17.0.